The number of hydrogen-bond acceptors (Lipinski definition) is 3. The maximum atomic E-state index is 13.5. The number of aliphatic carboxylic acids is 1. The van der Waals surface area contributed by atoms with Crippen molar-refractivity contribution in [3.8, 4) is 0 Å². The molecule has 0 radical (unpaired) electrons. The fraction of sp³-hybridized carbons (Fsp3) is 0.417. The largest absolute Gasteiger partial charge is 0.481 e. The molecule has 2 rings (SSSR count). The number of nitrogens with one attached hydrogen (secondary N) is 1. The van der Waals surface area contributed by atoms with Crippen LogP contribution in [-0.4, -0.2) is 26.0 Å². The number of halogens is 3. The van der Waals surface area contributed by atoms with Crippen molar-refractivity contribution in [3.63, 3.8) is 0 Å². The lowest BCUT2D eigenvalue weighted by atomic mass is 9.69. The molecule has 0 bridgehead atoms. The first kappa shape index (κ1) is 15.8. The van der Waals surface area contributed by atoms with Gasteiger partial charge in [0.1, 0.15) is 17.5 Å². The summed E-state index contributed by atoms with van der Waals surface area (Å²) in [5.74, 6) is -5.56. The summed E-state index contributed by atoms with van der Waals surface area (Å²) in [7, 11) is -4.61. The van der Waals surface area contributed by atoms with Crippen LogP contribution in [0.15, 0.2) is 17.0 Å². The van der Waals surface area contributed by atoms with E-state index in [1.54, 1.807) is 0 Å². The fourth-order valence-electron chi connectivity index (χ4n) is 2.16. The van der Waals surface area contributed by atoms with E-state index in [9.17, 15) is 26.4 Å². The van der Waals surface area contributed by atoms with E-state index in [0.29, 0.717) is 6.42 Å². The summed E-state index contributed by atoms with van der Waals surface area (Å²) in [4.78, 5) is 9.79. The van der Waals surface area contributed by atoms with Gasteiger partial charge in [0.05, 0.1) is 5.41 Å². The van der Waals surface area contributed by atoms with Gasteiger partial charge in [0.2, 0.25) is 10.0 Å². The van der Waals surface area contributed by atoms with Gasteiger partial charge in [-0.3, -0.25) is 4.79 Å². The zero-order valence-electron chi connectivity index (χ0n) is 10.7. The molecule has 1 aliphatic rings. The third-order valence-electron chi connectivity index (χ3n) is 3.60. The Hall–Kier alpha value is -1.61. The molecule has 1 fully saturated rings. The predicted molar refractivity (Wildman–Crippen MR) is 65.4 cm³/mol. The maximum absolute atomic E-state index is 13.5. The first-order valence-corrected chi connectivity index (χ1v) is 7.54. The second-order valence-corrected chi connectivity index (χ2v) is 6.67. The lowest BCUT2D eigenvalue weighted by Crippen LogP contribution is -2.47. The van der Waals surface area contributed by atoms with E-state index in [2.05, 4.69) is 0 Å². The summed E-state index contributed by atoms with van der Waals surface area (Å²) >= 11 is 0. The van der Waals surface area contributed by atoms with Crippen LogP contribution in [0.5, 0.6) is 0 Å². The molecule has 9 heteroatoms. The molecule has 0 atom stereocenters. The molecule has 0 aliphatic heterocycles. The molecule has 1 saturated carbocycles. The van der Waals surface area contributed by atoms with Crippen molar-refractivity contribution >= 4 is 16.0 Å². The van der Waals surface area contributed by atoms with Crippen molar-refractivity contribution in [2.45, 2.75) is 24.2 Å². The van der Waals surface area contributed by atoms with E-state index < -0.39 is 50.3 Å². The van der Waals surface area contributed by atoms with Crippen molar-refractivity contribution in [1.82, 2.24) is 4.72 Å². The fourth-order valence-corrected chi connectivity index (χ4v) is 3.40. The number of carboxylic acids is 1. The maximum Gasteiger partial charge on any atom is 0.310 e. The summed E-state index contributed by atoms with van der Waals surface area (Å²) < 4.78 is 65.4. The second-order valence-electron chi connectivity index (χ2n) is 4.96. The smallest absolute Gasteiger partial charge is 0.310 e. The Balaban J connectivity index is 2.26. The Labute approximate surface area is 118 Å². The molecular formula is C12H12F3NO4S. The number of carbonyl (C=O) groups is 1. The summed E-state index contributed by atoms with van der Waals surface area (Å²) in [6.07, 6.45) is 1.19. The molecule has 0 amide bonds. The molecule has 21 heavy (non-hydrogen) atoms. The van der Waals surface area contributed by atoms with Crippen LogP contribution in [0.1, 0.15) is 19.3 Å². The van der Waals surface area contributed by atoms with Gasteiger partial charge in [0, 0.05) is 18.7 Å². The van der Waals surface area contributed by atoms with Crippen LogP contribution in [0.3, 0.4) is 0 Å². The topological polar surface area (TPSA) is 83.5 Å². The minimum Gasteiger partial charge on any atom is -0.481 e. The van der Waals surface area contributed by atoms with Crippen LogP contribution < -0.4 is 4.72 Å². The highest BCUT2D eigenvalue weighted by Gasteiger charge is 2.45. The van der Waals surface area contributed by atoms with E-state index in [1.165, 1.54) is 0 Å². The second kappa shape index (κ2) is 5.30. The van der Waals surface area contributed by atoms with Gasteiger partial charge in [-0.25, -0.2) is 26.3 Å². The van der Waals surface area contributed by atoms with Gasteiger partial charge >= 0.3 is 5.97 Å². The lowest BCUT2D eigenvalue weighted by Gasteiger charge is -2.37. The lowest BCUT2D eigenvalue weighted by molar-refractivity contribution is -0.153. The van der Waals surface area contributed by atoms with E-state index >= 15 is 0 Å². The van der Waals surface area contributed by atoms with Gasteiger partial charge in [-0.05, 0) is 12.8 Å². The number of benzene rings is 1. The first-order chi connectivity index (χ1) is 9.68. The van der Waals surface area contributed by atoms with Crippen LogP contribution in [0.4, 0.5) is 13.2 Å². The molecule has 116 valence electrons. The van der Waals surface area contributed by atoms with Crippen molar-refractivity contribution in [2.24, 2.45) is 5.41 Å². The Bertz CT molecular complexity index is 663. The van der Waals surface area contributed by atoms with Crippen LogP contribution in [0.2, 0.25) is 0 Å². The van der Waals surface area contributed by atoms with Gasteiger partial charge in [-0.1, -0.05) is 6.42 Å². The average Bonchev–Trinajstić information content (AvgIpc) is 2.24. The minimum absolute atomic E-state index is 0.244. The summed E-state index contributed by atoms with van der Waals surface area (Å²) in [5, 5.41) is 9.06. The quantitative estimate of drug-likeness (QED) is 0.863. The molecule has 0 unspecified atom stereocenters. The summed E-state index contributed by atoms with van der Waals surface area (Å²) in [6.45, 7) is -0.471. The third kappa shape index (κ3) is 2.88. The molecular weight excluding hydrogens is 311 g/mol. The molecule has 1 aromatic rings. The molecule has 0 heterocycles. The molecule has 1 aliphatic carbocycles. The van der Waals surface area contributed by atoms with E-state index in [0.717, 1.165) is 0 Å². The molecule has 5 nitrogen and oxygen atoms in total. The van der Waals surface area contributed by atoms with Crippen LogP contribution >= 0.6 is 0 Å². The Morgan fingerprint density at radius 1 is 1.24 bits per heavy atom. The van der Waals surface area contributed by atoms with Gasteiger partial charge < -0.3 is 5.11 Å². The summed E-state index contributed by atoms with van der Waals surface area (Å²) in [6, 6.07) is 0.488. The van der Waals surface area contributed by atoms with Crippen molar-refractivity contribution in [1.29, 1.82) is 0 Å². The van der Waals surface area contributed by atoms with E-state index in [4.69, 9.17) is 5.11 Å². The Morgan fingerprint density at radius 3 is 2.14 bits per heavy atom. The van der Waals surface area contributed by atoms with E-state index in [-0.39, 0.29) is 25.0 Å². The SMILES string of the molecule is O=C(O)C1(CNS(=O)(=O)c2c(F)cc(F)cc2F)CCC1. The van der Waals surface area contributed by atoms with Crippen LogP contribution in [0.25, 0.3) is 0 Å². The molecule has 0 saturated heterocycles. The van der Waals surface area contributed by atoms with Crippen LogP contribution in [-0.2, 0) is 14.8 Å². The Morgan fingerprint density at radius 2 is 1.76 bits per heavy atom. The highest BCUT2D eigenvalue weighted by atomic mass is 32.2. The van der Waals surface area contributed by atoms with Gasteiger partial charge in [0.15, 0.2) is 4.90 Å². The van der Waals surface area contributed by atoms with Gasteiger partial charge in [-0.2, -0.15) is 0 Å². The van der Waals surface area contributed by atoms with Crippen molar-refractivity contribution in [3.05, 3.63) is 29.6 Å². The third-order valence-corrected chi connectivity index (χ3v) is 5.05. The number of rotatable bonds is 5. The van der Waals surface area contributed by atoms with Gasteiger partial charge in [0.25, 0.3) is 0 Å². The Kier molecular flexibility index (Phi) is 3.98. The monoisotopic (exact) mass is 323 g/mol. The molecule has 0 aromatic heterocycles. The van der Waals surface area contributed by atoms with Crippen molar-refractivity contribution < 1.29 is 31.5 Å². The van der Waals surface area contributed by atoms with Crippen LogP contribution in [0, 0.1) is 22.9 Å². The van der Waals surface area contributed by atoms with Crippen molar-refractivity contribution in [2.75, 3.05) is 6.54 Å². The molecule has 1 aromatic carbocycles. The number of sulfonamides is 1. The number of carboxylic acid groups (broad SMARTS) is 1. The highest BCUT2D eigenvalue weighted by Crippen LogP contribution is 2.40. The van der Waals surface area contributed by atoms with E-state index in [1.807, 2.05) is 4.72 Å². The normalized spacial score (nSPS) is 17.3. The highest BCUT2D eigenvalue weighted by molar-refractivity contribution is 7.89. The molecule has 0 spiro atoms. The standard InChI is InChI=1S/C12H12F3NO4S/c13-7-4-8(14)10(9(15)5-7)21(19,20)16-6-12(11(17)18)2-1-3-12/h4-5,16H,1-3,6H2,(H,17,18). The molecule has 2 N–H and O–H groups in total. The zero-order chi connectivity index (χ0) is 15.8. The number of hydrogen-bond donors (Lipinski definition) is 2. The van der Waals surface area contributed by atoms with Gasteiger partial charge in [-0.15, -0.1) is 0 Å². The predicted octanol–water partition coefficient (Wildman–Crippen LogP) is 1.64. The summed E-state index contributed by atoms with van der Waals surface area (Å²) in [5.41, 5.74) is -1.25. The zero-order valence-corrected chi connectivity index (χ0v) is 11.5. The minimum atomic E-state index is -4.61. The average molecular weight is 323 g/mol. The first-order valence-electron chi connectivity index (χ1n) is 6.06.